The molecule has 86 valence electrons. The van der Waals surface area contributed by atoms with Crippen LogP contribution in [0.2, 0.25) is 0 Å². The zero-order chi connectivity index (χ0) is 12.4. The fraction of sp³-hybridized carbons (Fsp3) is 0. The Balaban J connectivity index is 2.33. The van der Waals surface area contributed by atoms with E-state index in [1.807, 2.05) is 0 Å². The molecule has 0 bridgehead atoms. The smallest absolute Gasteiger partial charge is 0.356 e. The average Bonchev–Trinajstić information content (AvgIpc) is 2.78. The van der Waals surface area contributed by atoms with Gasteiger partial charge in [-0.1, -0.05) is 0 Å². The minimum absolute atomic E-state index is 0.120. The first-order valence-corrected chi connectivity index (χ1v) is 4.48. The molecule has 17 heavy (non-hydrogen) atoms. The minimum atomic E-state index is -1.15. The molecule has 0 aliphatic rings. The molecule has 8 nitrogen and oxygen atoms in total. The molecule has 1 N–H and O–H groups in total. The number of pyridine rings is 1. The number of carboxylic acid groups (broad SMARTS) is 1. The lowest BCUT2D eigenvalue weighted by molar-refractivity contribution is -0.385. The van der Waals surface area contributed by atoms with Crippen molar-refractivity contribution < 1.29 is 14.8 Å². The maximum Gasteiger partial charge on any atom is 0.356 e. The van der Waals surface area contributed by atoms with Gasteiger partial charge in [-0.25, -0.2) is 14.5 Å². The van der Waals surface area contributed by atoms with Gasteiger partial charge in [0.05, 0.1) is 4.92 Å². The molecule has 2 aromatic rings. The summed E-state index contributed by atoms with van der Waals surface area (Å²) in [7, 11) is 0. The van der Waals surface area contributed by atoms with Gasteiger partial charge in [-0.3, -0.25) is 10.1 Å². The van der Waals surface area contributed by atoms with Gasteiger partial charge in [0.15, 0.2) is 11.5 Å². The topological polar surface area (TPSA) is 111 Å². The standard InChI is InChI=1S/C9H6N4O4/c14-9(15)7-3-4-12(11-7)8-2-1-6(5-10-8)13(16)17/h1-5H,(H,14,15). The second-order valence-electron chi connectivity index (χ2n) is 3.08. The first kappa shape index (κ1) is 10.7. The van der Waals surface area contributed by atoms with E-state index in [0.29, 0.717) is 5.82 Å². The summed E-state index contributed by atoms with van der Waals surface area (Å²) in [4.78, 5) is 24.3. The summed E-state index contributed by atoms with van der Waals surface area (Å²) >= 11 is 0. The van der Waals surface area contributed by atoms with Gasteiger partial charge in [0.2, 0.25) is 0 Å². The quantitative estimate of drug-likeness (QED) is 0.623. The molecular weight excluding hydrogens is 228 g/mol. The fourth-order valence-electron chi connectivity index (χ4n) is 1.19. The molecule has 2 aromatic heterocycles. The van der Waals surface area contributed by atoms with E-state index < -0.39 is 10.9 Å². The van der Waals surface area contributed by atoms with Gasteiger partial charge < -0.3 is 5.11 Å². The van der Waals surface area contributed by atoms with Crippen molar-refractivity contribution in [1.29, 1.82) is 0 Å². The van der Waals surface area contributed by atoms with E-state index >= 15 is 0 Å². The van der Waals surface area contributed by atoms with Crippen LogP contribution in [0.4, 0.5) is 5.69 Å². The summed E-state index contributed by atoms with van der Waals surface area (Å²) < 4.78 is 1.23. The molecule has 0 radical (unpaired) electrons. The monoisotopic (exact) mass is 234 g/mol. The highest BCUT2D eigenvalue weighted by Gasteiger charge is 2.10. The van der Waals surface area contributed by atoms with Crippen LogP contribution in [0.15, 0.2) is 30.6 Å². The van der Waals surface area contributed by atoms with E-state index in [-0.39, 0.29) is 11.4 Å². The molecule has 2 heterocycles. The normalized spacial score (nSPS) is 10.1. The molecule has 0 aliphatic heterocycles. The minimum Gasteiger partial charge on any atom is -0.476 e. The van der Waals surface area contributed by atoms with Crippen LogP contribution < -0.4 is 0 Å². The Morgan fingerprint density at radius 1 is 1.41 bits per heavy atom. The molecule has 0 saturated carbocycles. The molecule has 0 aromatic carbocycles. The summed E-state index contributed by atoms with van der Waals surface area (Å²) in [6.07, 6.45) is 2.50. The van der Waals surface area contributed by atoms with E-state index in [9.17, 15) is 14.9 Å². The molecule has 0 saturated heterocycles. The average molecular weight is 234 g/mol. The Labute approximate surface area is 94.3 Å². The summed E-state index contributed by atoms with van der Waals surface area (Å²) in [5.74, 6) is -0.839. The SMILES string of the molecule is O=C(O)c1ccn(-c2ccc([N+](=O)[O-])cn2)n1. The molecule has 0 atom stereocenters. The number of nitro groups is 1. The lowest BCUT2D eigenvalue weighted by Crippen LogP contribution is -2.02. The van der Waals surface area contributed by atoms with Gasteiger partial charge in [0, 0.05) is 12.3 Å². The third-order valence-corrected chi connectivity index (χ3v) is 1.99. The lowest BCUT2D eigenvalue weighted by Gasteiger charge is -1.98. The van der Waals surface area contributed by atoms with Gasteiger partial charge in [-0.05, 0) is 12.1 Å². The number of hydrogen-bond donors (Lipinski definition) is 1. The first-order valence-electron chi connectivity index (χ1n) is 4.48. The largest absolute Gasteiger partial charge is 0.476 e. The fourth-order valence-corrected chi connectivity index (χ4v) is 1.19. The number of rotatable bonds is 3. The van der Waals surface area contributed by atoms with Gasteiger partial charge in [-0.15, -0.1) is 0 Å². The van der Waals surface area contributed by atoms with E-state index in [1.165, 1.54) is 29.1 Å². The Hall–Kier alpha value is -2.77. The first-order chi connectivity index (χ1) is 8.08. The van der Waals surface area contributed by atoms with Gasteiger partial charge >= 0.3 is 5.97 Å². The van der Waals surface area contributed by atoms with Crippen LogP contribution in [0.1, 0.15) is 10.5 Å². The van der Waals surface area contributed by atoms with Crippen LogP contribution in [0.5, 0.6) is 0 Å². The third kappa shape index (κ3) is 2.09. The van der Waals surface area contributed by atoms with Crippen molar-refractivity contribution in [2.75, 3.05) is 0 Å². The highest BCUT2D eigenvalue weighted by molar-refractivity contribution is 5.85. The highest BCUT2D eigenvalue weighted by atomic mass is 16.6. The maximum atomic E-state index is 10.6. The van der Waals surface area contributed by atoms with Gasteiger partial charge in [-0.2, -0.15) is 5.10 Å². The molecule has 0 unspecified atom stereocenters. The molecular formula is C9H6N4O4. The molecule has 2 rings (SSSR count). The molecule has 0 spiro atoms. The number of hydrogen-bond acceptors (Lipinski definition) is 5. The second-order valence-corrected chi connectivity index (χ2v) is 3.08. The highest BCUT2D eigenvalue weighted by Crippen LogP contribution is 2.11. The van der Waals surface area contributed by atoms with E-state index in [4.69, 9.17) is 5.11 Å². The zero-order valence-corrected chi connectivity index (χ0v) is 8.35. The Morgan fingerprint density at radius 2 is 2.18 bits per heavy atom. The van der Waals surface area contributed by atoms with Crippen molar-refractivity contribution in [1.82, 2.24) is 14.8 Å². The van der Waals surface area contributed by atoms with Crippen molar-refractivity contribution >= 4 is 11.7 Å². The lowest BCUT2D eigenvalue weighted by atomic mass is 10.4. The van der Waals surface area contributed by atoms with E-state index in [2.05, 4.69) is 10.1 Å². The van der Waals surface area contributed by atoms with Crippen molar-refractivity contribution in [3.8, 4) is 5.82 Å². The predicted molar refractivity (Wildman–Crippen MR) is 55.0 cm³/mol. The Kier molecular flexibility index (Phi) is 2.53. The van der Waals surface area contributed by atoms with Crippen LogP contribution in [0.3, 0.4) is 0 Å². The van der Waals surface area contributed by atoms with E-state index in [0.717, 1.165) is 6.20 Å². The number of nitrogens with zero attached hydrogens (tertiary/aromatic N) is 4. The van der Waals surface area contributed by atoms with Crippen molar-refractivity contribution in [2.45, 2.75) is 0 Å². The van der Waals surface area contributed by atoms with Crippen LogP contribution in [0, 0.1) is 10.1 Å². The second kappa shape index (κ2) is 4.00. The van der Waals surface area contributed by atoms with Crippen LogP contribution in [-0.4, -0.2) is 30.8 Å². The van der Waals surface area contributed by atoms with Crippen molar-refractivity contribution in [2.24, 2.45) is 0 Å². The molecule has 0 fully saturated rings. The van der Waals surface area contributed by atoms with Crippen molar-refractivity contribution in [3.63, 3.8) is 0 Å². The summed E-state index contributed by atoms with van der Waals surface area (Å²) in [5.41, 5.74) is -0.260. The molecule has 0 amide bonds. The van der Waals surface area contributed by atoms with Crippen LogP contribution in [0.25, 0.3) is 5.82 Å². The van der Waals surface area contributed by atoms with E-state index in [1.54, 1.807) is 0 Å². The molecule has 0 aliphatic carbocycles. The van der Waals surface area contributed by atoms with Crippen LogP contribution in [-0.2, 0) is 0 Å². The summed E-state index contributed by atoms with van der Waals surface area (Å²) in [6, 6.07) is 3.96. The zero-order valence-electron chi connectivity index (χ0n) is 8.35. The number of carbonyl (C=O) groups is 1. The summed E-state index contributed by atoms with van der Waals surface area (Å²) in [5, 5.41) is 22.8. The van der Waals surface area contributed by atoms with Gasteiger partial charge in [0.25, 0.3) is 5.69 Å². The maximum absolute atomic E-state index is 10.6. The van der Waals surface area contributed by atoms with Crippen molar-refractivity contribution in [3.05, 3.63) is 46.4 Å². The third-order valence-electron chi connectivity index (χ3n) is 1.99. The van der Waals surface area contributed by atoms with Crippen LogP contribution >= 0.6 is 0 Å². The Morgan fingerprint density at radius 3 is 2.65 bits per heavy atom. The number of carboxylic acids is 1. The number of aromatic nitrogens is 3. The number of aromatic carboxylic acids is 1. The van der Waals surface area contributed by atoms with Gasteiger partial charge in [0.1, 0.15) is 6.20 Å². The summed E-state index contributed by atoms with van der Waals surface area (Å²) in [6.45, 7) is 0. The molecule has 8 heteroatoms. The Bertz CT molecular complexity index is 575. The predicted octanol–water partition coefficient (Wildman–Crippen LogP) is 0.874.